The van der Waals surface area contributed by atoms with Gasteiger partial charge in [-0.25, -0.2) is 4.98 Å². The van der Waals surface area contributed by atoms with Crippen molar-refractivity contribution in [3.8, 4) is 0 Å². The number of anilines is 6. The van der Waals surface area contributed by atoms with Gasteiger partial charge in [0.1, 0.15) is 5.82 Å². The van der Waals surface area contributed by atoms with Crippen molar-refractivity contribution < 1.29 is 0 Å². The molecule has 0 unspecified atom stereocenters. The van der Waals surface area contributed by atoms with Crippen molar-refractivity contribution in [1.82, 2.24) is 9.97 Å². The Morgan fingerprint density at radius 2 is 1.03 bits per heavy atom. The van der Waals surface area contributed by atoms with Crippen LogP contribution in [-0.2, 0) is 0 Å². The van der Waals surface area contributed by atoms with Crippen LogP contribution in [0.25, 0.3) is 10.9 Å². The van der Waals surface area contributed by atoms with Gasteiger partial charge in [0.2, 0.25) is 5.95 Å². The molecular weight excluding hydrogens is 562 g/mol. The minimum atomic E-state index is 0.504. The predicted octanol–water partition coefficient (Wildman–Crippen LogP) is 7.69. The lowest BCUT2D eigenvalue weighted by Crippen LogP contribution is -2.27. The normalized spacial score (nSPS) is 10.9. The fourth-order valence-corrected chi connectivity index (χ4v) is 4.97. The molecule has 0 spiro atoms. The van der Waals surface area contributed by atoms with Crippen molar-refractivity contribution in [2.24, 2.45) is 0 Å². The first-order valence-electron chi connectivity index (χ1n) is 12.4. The van der Waals surface area contributed by atoms with Gasteiger partial charge in [-0.2, -0.15) is 4.98 Å². The van der Waals surface area contributed by atoms with Crippen LogP contribution in [0.15, 0.2) is 72.8 Å². The van der Waals surface area contributed by atoms with Gasteiger partial charge < -0.3 is 20.4 Å². The average Bonchev–Trinajstić information content (AvgIpc) is 2.94. The Labute approximate surface area is 243 Å². The Bertz CT molecular complexity index is 1280. The first kappa shape index (κ1) is 28.4. The molecule has 0 radical (unpaired) electrons. The maximum atomic E-state index is 5.97. The highest BCUT2D eigenvalue weighted by atomic mass is 35.5. The van der Waals surface area contributed by atoms with Crippen molar-refractivity contribution in [2.75, 3.05) is 70.1 Å². The fraction of sp³-hybridized carbons (Fsp3) is 0.286. The summed E-state index contributed by atoms with van der Waals surface area (Å²) in [5.41, 5.74) is 4.79. The molecule has 0 amide bonds. The lowest BCUT2D eigenvalue weighted by atomic mass is 10.2. The lowest BCUT2D eigenvalue weighted by Gasteiger charge is -2.23. The van der Waals surface area contributed by atoms with Crippen molar-refractivity contribution in [2.45, 2.75) is 0 Å². The number of hydrogen-bond acceptors (Lipinski definition) is 6. The largest absolute Gasteiger partial charge is 0.369 e. The van der Waals surface area contributed by atoms with E-state index in [4.69, 9.17) is 56.4 Å². The summed E-state index contributed by atoms with van der Waals surface area (Å²) in [6, 6.07) is 24.2. The van der Waals surface area contributed by atoms with Crippen LogP contribution in [0.5, 0.6) is 0 Å². The van der Waals surface area contributed by atoms with Gasteiger partial charge in [-0.15, -0.1) is 46.4 Å². The number of hydrogen-bond donors (Lipinski definition) is 2. The number of rotatable bonds is 14. The van der Waals surface area contributed by atoms with Gasteiger partial charge in [0.15, 0.2) is 0 Å². The van der Waals surface area contributed by atoms with Gasteiger partial charge in [-0.05, 0) is 60.7 Å². The number of alkyl halides is 4. The zero-order chi connectivity index (χ0) is 26.7. The van der Waals surface area contributed by atoms with Crippen molar-refractivity contribution in [3.05, 3.63) is 72.8 Å². The lowest BCUT2D eigenvalue weighted by molar-refractivity contribution is 0.874. The molecule has 4 aromatic rings. The zero-order valence-corrected chi connectivity index (χ0v) is 23.9. The summed E-state index contributed by atoms with van der Waals surface area (Å²) in [7, 11) is 0. The summed E-state index contributed by atoms with van der Waals surface area (Å²) in [5, 5.41) is 7.73. The second-order valence-electron chi connectivity index (χ2n) is 8.49. The van der Waals surface area contributed by atoms with Gasteiger partial charge in [0.05, 0.1) is 5.52 Å². The smallest absolute Gasteiger partial charge is 0.229 e. The molecule has 1 aromatic heterocycles. The van der Waals surface area contributed by atoms with E-state index in [0.29, 0.717) is 29.5 Å². The molecule has 1 heterocycles. The number of aromatic nitrogens is 2. The standard InChI is InChI=1S/C28H30Cl4N6/c29-13-17-37(18-14-30)23-9-5-21(6-10-23)33-27-25-3-1-2-4-26(25)35-28(36-27)34-22-7-11-24(12-8-22)38(19-15-31)20-16-32/h1-12H,13-20H2,(H2,33,34,35,36). The van der Waals surface area contributed by atoms with Gasteiger partial charge in [0, 0.05) is 77.8 Å². The fourth-order valence-electron chi connectivity index (χ4n) is 4.15. The summed E-state index contributed by atoms with van der Waals surface area (Å²) in [5.74, 6) is 3.39. The van der Waals surface area contributed by atoms with E-state index in [1.807, 2.05) is 60.7 Å². The molecule has 0 saturated carbocycles. The molecule has 0 fully saturated rings. The van der Waals surface area contributed by atoms with Crippen molar-refractivity contribution >= 4 is 91.8 Å². The Kier molecular flexibility index (Phi) is 10.8. The van der Waals surface area contributed by atoms with Crippen LogP contribution in [0.4, 0.5) is 34.5 Å². The average molecular weight is 592 g/mol. The minimum Gasteiger partial charge on any atom is -0.369 e. The molecule has 200 valence electrons. The number of para-hydroxylation sites is 1. The molecular formula is C28H30Cl4N6. The summed E-state index contributed by atoms with van der Waals surface area (Å²) in [6.07, 6.45) is 0. The van der Waals surface area contributed by atoms with Gasteiger partial charge in [-0.1, -0.05) is 12.1 Å². The quantitative estimate of drug-likeness (QED) is 0.147. The summed E-state index contributed by atoms with van der Waals surface area (Å²) in [6.45, 7) is 2.96. The summed E-state index contributed by atoms with van der Waals surface area (Å²) < 4.78 is 0. The molecule has 3 aromatic carbocycles. The van der Waals surface area contributed by atoms with Crippen LogP contribution in [0, 0.1) is 0 Å². The maximum Gasteiger partial charge on any atom is 0.229 e. The maximum absolute atomic E-state index is 5.97. The predicted molar refractivity (Wildman–Crippen MR) is 166 cm³/mol. The van der Waals surface area contributed by atoms with Crippen molar-refractivity contribution in [1.29, 1.82) is 0 Å². The van der Waals surface area contributed by atoms with Crippen molar-refractivity contribution in [3.63, 3.8) is 0 Å². The molecule has 6 nitrogen and oxygen atoms in total. The van der Waals surface area contributed by atoms with E-state index in [1.54, 1.807) is 0 Å². The highest BCUT2D eigenvalue weighted by Crippen LogP contribution is 2.28. The van der Waals surface area contributed by atoms with E-state index < -0.39 is 0 Å². The van der Waals surface area contributed by atoms with E-state index in [2.05, 4.69) is 32.6 Å². The highest BCUT2D eigenvalue weighted by Gasteiger charge is 2.11. The first-order valence-corrected chi connectivity index (χ1v) is 14.5. The Balaban J connectivity index is 1.55. The summed E-state index contributed by atoms with van der Waals surface area (Å²) >= 11 is 23.8. The molecule has 4 rings (SSSR count). The second-order valence-corrected chi connectivity index (χ2v) is 10.00. The SMILES string of the molecule is ClCCN(CCCl)c1ccc(Nc2nc(Nc3ccc(N(CCCl)CCCl)cc3)c3ccccc3n2)cc1. The zero-order valence-electron chi connectivity index (χ0n) is 20.9. The summed E-state index contributed by atoms with van der Waals surface area (Å²) in [4.78, 5) is 13.9. The molecule has 0 aliphatic rings. The van der Waals surface area contributed by atoms with E-state index in [-0.39, 0.29) is 0 Å². The van der Waals surface area contributed by atoms with Crippen LogP contribution in [0.2, 0.25) is 0 Å². The minimum absolute atomic E-state index is 0.504. The Morgan fingerprint density at radius 1 is 0.553 bits per heavy atom. The van der Waals surface area contributed by atoms with E-state index in [9.17, 15) is 0 Å². The molecule has 0 atom stereocenters. The molecule has 0 aliphatic heterocycles. The van der Waals surface area contributed by atoms with Gasteiger partial charge in [-0.3, -0.25) is 0 Å². The van der Waals surface area contributed by atoms with Crippen LogP contribution in [-0.4, -0.2) is 59.7 Å². The van der Waals surface area contributed by atoms with Crippen LogP contribution < -0.4 is 20.4 Å². The molecule has 2 N–H and O–H groups in total. The highest BCUT2D eigenvalue weighted by molar-refractivity contribution is 6.19. The number of fused-ring (bicyclic) bond motifs is 1. The third-order valence-corrected chi connectivity index (χ3v) is 6.68. The molecule has 38 heavy (non-hydrogen) atoms. The topological polar surface area (TPSA) is 56.3 Å². The third-order valence-electron chi connectivity index (χ3n) is 6.00. The first-order chi connectivity index (χ1) is 18.6. The number of nitrogens with zero attached hydrogens (tertiary/aromatic N) is 4. The van der Waals surface area contributed by atoms with Gasteiger partial charge >= 0.3 is 0 Å². The third kappa shape index (κ3) is 7.48. The van der Waals surface area contributed by atoms with E-state index in [1.165, 1.54) is 0 Å². The Hall–Kier alpha value is -2.64. The molecule has 0 saturated heterocycles. The van der Waals surface area contributed by atoms with E-state index in [0.717, 1.165) is 65.6 Å². The number of benzene rings is 3. The van der Waals surface area contributed by atoms with Crippen LogP contribution >= 0.6 is 46.4 Å². The monoisotopic (exact) mass is 590 g/mol. The molecule has 10 heteroatoms. The van der Waals surface area contributed by atoms with Crippen LogP contribution in [0.3, 0.4) is 0 Å². The number of halogens is 4. The molecule has 0 bridgehead atoms. The number of nitrogens with one attached hydrogen (secondary N) is 2. The Morgan fingerprint density at radius 3 is 1.53 bits per heavy atom. The van der Waals surface area contributed by atoms with E-state index >= 15 is 0 Å². The molecule has 0 aliphatic carbocycles. The van der Waals surface area contributed by atoms with Crippen LogP contribution in [0.1, 0.15) is 0 Å². The van der Waals surface area contributed by atoms with Gasteiger partial charge in [0.25, 0.3) is 0 Å². The second kappa shape index (κ2) is 14.5.